The molecule has 6 heteroatoms. The van der Waals surface area contributed by atoms with Crippen LogP contribution in [0.15, 0.2) is 24.5 Å². The molecule has 2 rings (SSSR count). The molecule has 1 aromatic heterocycles. The molecule has 1 atom stereocenters. The average molecular weight is 311 g/mol. The standard InChI is InChI=1S/C15H25N3O2S/c1-2-21(19,20)9-8-18(13-15-5-7-17-11-15)12-14-4-3-6-16-10-14/h3-4,6,10,15,17H,2,5,7-9,11-13H2,1H3. The Morgan fingerprint density at radius 2 is 2.33 bits per heavy atom. The van der Waals surface area contributed by atoms with E-state index in [-0.39, 0.29) is 11.5 Å². The molecule has 1 aliphatic rings. The molecule has 21 heavy (non-hydrogen) atoms. The smallest absolute Gasteiger partial charge is 0.151 e. The van der Waals surface area contributed by atoms with Crippen molar-refractivity contribution in [1.82, 2.24) is 15.2 Å². The zero-order valence-corrected chi connectivity index (χ0v) is 13.5. The quantitative estimate of drug-likeness (QED) is 0.774. The maximum Gasteiger partial charge on any atom is 0.151 e. The molecule has 118 valence electrons. The van der Waals surface area contributed by atoms with E-state index >= 15 is 0 Å². The van der Waals surface area contributed by atoms with Crippen molar-refractivity contribution in [3.8, 4) is 0 Å². The summed E-state index contributed by atoms with van der Waals surface area (Å²) in [5.41, 5.74) is 1.14. The summed E-state index contributed by atoms with van der Waals surface area (Å²) in [6, 6.07) is 3.97. The number of aromatic nitrogens is 1. The van der Waals surface area contributed by atoms with Gasteiger partial charge in [-0.25, -0.2) is 8.42 Å². The summed E-state index contributed by atoms with van der Waals surface area (Å²) in [5, 5.41) is 3.37. The lowest BCUT2D eigenvalue weighted by Gasteiger charge is -2.25. The minimum absolute atomic E-state index is 0.221. The van der Waals surface area contributed by atoms with Crippen LogP contribution < -0.4 is 5.32 Å². The number of rotatable bonds is 8. The fourth-order valence-electron chi connectivity index (χ4n) is 2.63. The Kier molecular flexibility index (Phi) is 6.14. The van der Waals surface area contributed by atoms with Crippen LogP contribution >= 0.6 is 0 Å². The van der Waals surface area contributed by atoms with Gasteiger partial charge in [-0.3, -0.25) is 9.88 Å². The molecule has 1 fully saturated rings. The molecule has 1 aliphatic heterocycles. The Hall–Kier alpha value is -0.980. The van der Waals surface area contributed by atoms with Crippen molar-refractivity contribution in [1.29, 1.82) is 0 Å². The van der Waals surface area contributed by atoms with Gasteiger partial charge in [-0.1, -0.05) is 13.0 Å². The maximum absolute atomic E-state index is 11.7. The van der Waals surface area contributed by atoms with Gasteiger partial charge >= 0.3 is 0 Å². The Balaban J connectivity index is 1.95. The number of hydrogen-bond donors (Lipinski definition) is 1. The number of nitrogens with one attached hydrogen (secondary N) is 1. The third kappa shape index (κ3) is 5.73. The van der Waals surface area contributed by atoms with Crippen molar-refractivity contribution in [3.63, 3.8) is 0 Å². The predicted octanol–water partition coefficient (Wildman–Crippen LogP) is 0.928. The van der Waals surface area contributed by atoms with Crippen LogP contribution in [0.1, 0.15) is 18.9 Å². The summed E-state index contributed by atoms with van der Waals surface area (Å²) in [6.07, 6.45) is 4.79. The van der Waals surface area contributed by atoms with Crippen LogP contribution in [0, 0.1) is 5.92 Å². The topological polar surface area (TPSA) is 62.3 Å². The van der Waals surface area contributed by atoms with Crippen molar-refractivity contribution in [2.24, 2.45) is 5.92 Å². The van der Waals surface area contributed by atoms with Crippen LogP contribution in [0.25, 0.3) is 0 Å². The lowest BCUT2D eigenvalue weighted by atomic mass is 10.1. The number of hydrogen-bond acceptors (Lipinski definition) is 5. The van der Waals surface area contributed by atoms with Crippen molar-refractivity contribution >= 4 is 9.84 Å². The molecule has 1 unspecified atom stereocenters. The fraction of sp³-hybridized carbons (Fsp3) is 0.667. The van der Waals surface area contributed by atoms with Gasteiger partial charge in [-0.05, 0) is 37.1 Å². The van der Waals surface area contributed by atoms with E-state index in [1.165, 1.54) is 6.42 Å². The first-order valence-corrected chi connectivity index (χ1v) is 9.43. The van der Waals surface area contributed by atoms with E-state index in [9.17, 15) is 8.42 Å². The van der Waals surface area contributed by atoms with Gasteiger partial charge in [-0.2, -0.15) is 0 Å². The minimum atomic E-state index is -2.91. The van der Waals surface area contributed by atoms with E-state index in [0.717, 1.165) is 31.7 Å². The van der Waals surface area contributed by atoms with Gasteiger partial charge in [0.1, 0.15) is 0 Å². The number of pyridine rings is 1. The highest BCUT2D eigenvalue weighted by Gasteiger charge is 2.20. The van der Waals surface area contributed by atoms with Crippen LogP contribution in [0.5, 0.6) is 0 Å². The maximum atomic E-state index is 11.7. The second-order valence-corrected chi connectivity index (χ2v) is 8.16. The molecule has 0 radical (unpaired) electrons. The molecular formula is C15H25N3O2S. The number of sulfone groups is 1. The largest absolute Gasteiger partial charge is 0.316 e. The van der Waals surface area contributed by atoms with E-state index in [0.29, 0.717) is 12.5 Å². The second kappa shape index (κ2) is 7.87. The molecule has 1 aromatic rings. The van der Waals surface area contributed by atoms with Gasteiger partial charge in [0.05, 0.1) is 5.75 Å². The van der Waals surface area contributed by atoms with Crippen LogP contribution in [-0.2, 0) is 16.4 Å². The molecule has 0 bridgehead atoms. The summed E-state index contributed by atoms with van der Waals surface area (Å²) >= 11 is 0. The molecule has 0 saturated carbocycles. The Morgan fingerprint density at radius 1 is 1.48 bits per heavy atom. The van der Waals surface area contributed by atoms with Gasteiger partial charge in [0.15, 0.2) is 9.84 Å². The monoisotopic (exact) mass is 311 g/mol. The first kappa shape index (κ1) is 16.4. The number of nitrogens with zero attached hydrogens (tertiary/aromatic N) is 2. The van der Waals surface area contributed by atoms with Gasteiger partial charge in [0.25, 0.3) is 0 Å². The lowest BCUT2D eigenvalue weighted by Crippen LogP contribution is -2.34. The zero-order valence-electron chi connectivity index (χ0n) is 12.7. The summed E-state index contributed by atoms with van der Waals surface area (Å²) in [7, 11) is -2.91. The van der Waals surface area contributed by atoms with Crippen molar-refractivity contribution in [2.45, 2.75) is 19.9 Å². The molecule has 0 aromatic carbocycles. The molecule has 5 nitrogen and oxygen atoms in total. The lowest BCUT2D eigenvalue weighted by molar-refractivity contribution is 0.241. The van der Waals surface area contributed by atoms with Gasteiger partial charge in [-0.15, -0.1) is 0 Å². The molecule has 0 aliphatic carbocycles. The molecule has 1 saturated heterocycles. The summed E-state index contributed by atoms with van der Waals surface area (Å²) < 4.78 is 23.5. The molecular weight excluding hydrogens is 286 g/mol. The zero-order chi connectivity index (χ0) is 15.1. The van der Waals surface area contributed by atoms with E-state index in [1.807, 2.05) is 18.3 Å². The first-order valence-electron chi connectivity index (χ1n) is 7.61. The van der Waals surface area contributed by atoms with Gasteiger partial charge in [0.2, 0.25) is 0 Å². The van der Waals surface area contributed by atoms with Crippen LogP contribution in [-0.4, -0.2) is 56.0 Å². The molecule has 0 spiro atoms. The second-order valence-electron chi connectivity index (χ2n) is 5.69. The minimum Gasteiger partial charge on any atom is -0.316 e. The van der Waals surface area contributed by atoms with E-state index in [1.54, 1.807) is 13.1 Å². The molecule has 2 heterocycles. The van der Waals surface area contributed by atoms with E-state index in [4.69, 9.17) is 0 Å². The Labute approximate surface area is 127 Å². The highest BCUT2D eigenvalue weighted by Crippen LogP contribution is 2.12. The Bertz CT molecular complexity index is 513. The SMILES string of the molecule is CCS(=O)(=O)CCN(Cc1cccnc1)CC1CCNC1. The third-order valence-corrected chi connectivity index (χ3v) is 5.65. The predicted molar refractivity (Wildman–Crippen MR) is 84.8 cm³/mol. The van der Waals surface area contributed by atoms with Crippen LogP contribution in [0.4, 0.5) is 0 Å². The van der Waals surface area contributed by atoms with E-state index in [2.05, 4.69) is 15.2 Å². The normalized spacial score (nSPS) is 19.2. The highest BCUT2D eigenvalue weighted by molar-refractivity contribution is 7.91. The summed E-state index contributed by atoms with van der Waals surface area (Å²) in [4.78, 5) is 6.39. The van der Waals surface area contributed by atoms with E-state index < -0.39 is 9.84 Å². The Morgan fingerprint density at radius 3 is 2.95 bits per heavy atom. The first-order chi connectivity index (χ1) is 10.1. The summed E-state index contributed by atoms with van der Waals surface area (Å²) in [5.74, 6) is 1.08. The van der Waals surface area contributed by atoms with Crippen molar-refractivity contribution in [2.75, 3.05) is 37.7 Å². The molecule has 1 N–H and O–H groups in total. The van der Waals surface area contributed by atoms with Gasteiger partial charge in [0, 0.05) is 37.8 Å². The van der Waals surface area contributed by atoms with Crippen LogP contribution in [0.3, 0.4) is 0 Å². The highest BCUT2D eigenvalue weighted by atomic mass is 32.2. The summed E-state index contributed by atoms with van der Waals surface area (Å²) in [6.45, 7) is 6.12. The average Bonchev–Trinajstić information content (AvgIpc) is 2.99. The van der Waals surface area contributed by atoms with Crippen molar-refractivity contribution in [3.05, 3.63) is 30.1 Å². The van der Waals surface area contributed by atoms with Crippen LogP contribution in [0.2, 0.25) is 0 Å². The fourth-order valence-corrected chi connectivity index (χ4v) is 3.46. The molecule has 0 amide bonds. The van der Waals surface area contributed by atoms with Crippen molar-refractivity contribution < 1.29 is 8.42 Å². The third-order valence-electron chi connectivity index (χ3n) is 3.97. The van der Waals surface area contributed by atoms with Gasteiger partial charge < -0.3 is 5.32 Å².